The smallest absolute Gasteiger partial charge is 0.237 e. The van der Waals surface area contributed by atoms with Gasteiger partial charge in [-0.25, -0.2) is 0 Å². The number of carbonyl (C=O) groups is 2. The summed E-state index contributed by atoms with van der Waals surface area (Å²) in [5, 5.41) is 5.56. The topological polar surface area (TPSA) is 58.2 Å². The van der Waals surface area contributed by atoms with Crippen molar-refractivity contribution >= 4 is 35.0 Å². The predicted molar refractivity (Wildman–Crippen MR) is 110 cm³/mol. The third-order valence-electron chi connectivity index (χ3n) is 3.94. The molecular formula is C21H26N2O2S. The number of hydrogen-bond acceptors (Lipinski definition) is 3. The van der Waals surface area contributed by atoms with Crippen LogP contribution in [0.15, 0.2) is 53.4 Å². The molecule has 1 unspecified atom stereocenters. The van der Waals surface area contributed by atoms with Crippen LogP contribution in [0.25, 0.3) is 0 Å². The van der Waals surface area contributed by atoms with E-state index in [-0.39, 0.29) is 17.1 Å². The van der Waals surface area contributed by atoms with Crippen LogP contribution in [0.3, 0.4) is 0 Å². The fourth-order valence-corrected chi connectivity index (χ4v) is 3.52. The van der Waals surface area contributed by atoms with Crippen molar-refractivity contribution in [1.29, 1.82) is 0 Å². The number of benzene rings is 2. The molecule has 0 spiro atoms. The number of nitrogens with one attached hydrogen (secondary N) is 2. The fraction of sp³-hybridized carbons (Fsp3) is 0.333. The highest BCUT2D eigenvalue weighted by atomic mass is 32.2. The van der Waals surface area contributed by atoms with Gasteiger partial charge in [0, 0.05) is 23.2 Å². The van der Waals surface area contributed by atoms with E-state index in [9.17, 15) is 9.59 Å². The molecule has 138 valence electrons. The monoisotopic (exact) mass is 370 g/mol. The van der Waals surface area contributed by atoms with E-state index in [4.69, 9.17) is 0 Å². The van der Waals surface area contributed by atoms with Gasteiger partial charge in [0.25, 0.3) is 0 Å². The van der Waals surface area contributed by atoms with Crippen molar-refractivity contribution in [2.24, 2.45) is 0 Å². The van der Waals surface area contributed by atoms with Crippen LogP contribution in [0.2, 0.25) is 0 Å². The molecule has 26 heavy (non-hydrogen) atoms. The first-order valence-electron chi connectivity index (χ1n) is 8.84. The Labute approximate surface area is 159 Å². The molecule has 0 bridgehead atoms. The molecular weight excluding hydrogens is 344 g/mol. The van der Waals surface area contributed by atoms with E-state index >= 15 is 0 Å². The lowest BCUT2D eigenvalue weighted by atomic mass is 10.0. The molecule has 2 N–H and O–H groups in total. The van der Waals surface area contributed by atoms with Crippen LogP contribution in [-0.4, -0.2) is 17.1 Å². The van der Waals surface area contributed by atoms with Gasteiger partial charge in [0.2, 0.25) is 11.8 Å². The minimum Gasteiger partial charge on any atom is -0.326 e. The maximum absolute atomic E-state index is 12.6. The Hall–Kier alpha value is -2.27. The van der Waals surface area contributed by atoms with Crippen LogP contribution in [0.5, 0.6) is 0 Å². The van der Waals surface area contributed by atoms with Crippen molar-refractivity contribution in [1.82, 2.24) is 0 Å². The van der Waals surface area contributed by atoms with E-state index in [1.807, 2.05) is 55.5 Å². The lowest BCUT2D eigenvalue weighted by molar-refractivity contribution is -0.116. The fourth-order valence-electron chi connectivity index (χ4n) is 2.51. The molecule has 0 heterocycles. The van der Waals surface area contributed by atoms with E-state index in [1.165, 1.54) is 24.2 Å². The van der Waals surface area contributed by atoms with Gasteiger partial charge in [0.15, 0.2) is 0 Å². The second kappa shape index (κ2) is 9.43. The average molecular weight is 371 g/mol. The first kappa shape index (κ1) is 20.0. The molecule has 1 atom stereocenters. The maximum atomic E-state index is 12.6. The molecule has 0 aliphatic carbocycles. The molecule has 5 heteroatoms. The second-order valence-electron chi connectivity index (χ2n) is 6.49. The molecule has 2 rings (SSSR count). The summed E-state index contributed by atoms with van der Waals surface area (Å²) >= 11 is 1.50. The van der Waals surface area contributed by atoms with Crippen molar-refractivity contribution in [3.05, 3.63) is 54.1 Å². The summed E-state index contributed by atoms with van der Waals surface area (Å²) in [5.74, 6) is 0.344. The summed E-state index contributed by atoms with van der Waals surface area (Å²) in [5.41, 5.74) is 2.80. The minimum atomic E-state index is -0.202. The van der Waals surface area contributed by atoms with Gasteiger partial charge >= 0.3 is 0 Å². The number of anilines is 2. The normalized spacial score (nSPS) is 11.9. The zero-order valence-corrected chi connectivity index (χ0v) is 16.5. The van der Waals surface area contributed by atoms with Gasteiger partial charge in [-0.05, 0) is 48.2 Å². The molecule has 2 aromatic carbocycles. The van der Waals surface area contributed by atoms with Gasteiger partial charge in [0.1, 0.15) is 0 Å². The summed E-state index contributed by atoms with van der Waals surface area (Å²) in [6.07, 6.45) is 0.713. The summed E-state index contributed by atoms with van der Waals surface area (Å²) in [6.45, 7) is 7.77. The SMILES string of the molecule is CCC(Sc1cccc(NC(C)=O)c1)C(=O)Nc1ccc(C(C)C)cc1. The zero-order chi connectivity index (χ0) is 19.1. The Morgan fingerprint density at radius 2 is 1.69 bits per heavy atom. The Morgan fingerprint density at radius 3 is 2.27 bits per heavy atom. The van der Waals surface area contributed by atoms with Gasteiger partial charge < -0.3 is 10.6 Å². The summed E-state index contributed by atoms with van der Waals surface area (Å²) in [6, 6.07) is 15.5. The van der Waals surface area contributed by atoms with E-state index in [2.05, 4.69) is 24.5 Å². The van der Waals surface area contributed by atoms with Crippen LogP contribution >= 0.6 is 11.8 Å². The quantitative estimate of drug-likeness (QED) is 0.652. The Balaban J connectivity index is 2.03. The van der Waals surface area contributed by atoms with E-state index in [0.717, 1.165) is 16.3 Å². The number of amides is 2. The highest BCUT2D eigenvalue weighted by Gasteiger charge is 2.18. The van der Waals surface area contributed by atoms with E-state index < -0.39 is 0 Å². The zero-order valence-electron chi connectivity index (χ0n) is 15.7. The molecule has 0 fully saturated rings. The first-order chi connectivity index (χ1) is 12.4. The Morgan fingerprint density at radius 1 is 1.00 bits per heavy atom. The van der Waals surface area contributed by atoms with Crippen LogP contribution < -0.4 is 10.6 Å². The van der Waals surface area contributed by atoms with Crippen molar-refractivity contribution in [3.63, 3.8) is 0 Å². The van der Waals surface area contributed by atoms with Crippen molar-refractivity contribution < 1.29 is 9.59 Å². The highest BCUT2D eigenvalue weighted by Crippen LogP contribution is 2.28. The van der Waals surface area contributed by atoms with Crippen LogP contribution in [0, 0.1) is 0 Å². The lowest BCUT2D eigenvalue weighted by Gasteiger charge is -2.16. The number of rotatable bonds is 7. The van der Waals surface area contributed by atoms with Crippen LogP contribution in [0.1, 0.15) is 45.6 Å². The van der Waals surface area contributed by atoms with Gasteiger partial charge in [-0.15, -0.1) is 11.8 Å². The third-order valence-corrected chi connectivity index (χ3v) is 5.30. The molecule has 0 aliphatic rings. The molecule has 2 aromatic rings. The molecule has 2 amide bonds. The Bertz CT molecular complexity index is 757. The molecule has 0 aliphatic heterocycles. The molecule has 0 aromatic heterocycles. The third kappa shape index (κ3) is 5.92. The van der Waals surface area contributed by atoms with E-state index in [1.54, 1.807) is 0 Å². The Kier molecular flexibility index (Phi) is 7.27. The molecule has 0 radical (unpaired) electrons. The van der Waals surface area contributed by atoms with Gasteiger partial charge in [-0.1, -0.05) is 39.0 Å². The number of thioether (sulfide) groups is 1. The molecule has 0 saturated carbocycles. The van der Waals surface area contributed by atoms with Crippen LogP contribution in [-0.2, 0) is 9.59 Å². The lowest BCUT2D eigenvalue weighted by Crippen LogP contribution is -2.24. The van der Waals surface area contributed by atoms with Crippen molar-refractivity contribution in [2.75, 3.05) is 10.6 Å². The van der Waals surface area contributed by atoms with Crippen molar-refractivity contribution in [2.45, 2.75) is 50.2 Å². The molecule has 4 nitrogen and oxygen atoms in total. The average Bonchev–Trinajstić information content (AvgIpc) is 2.59. The minimum absolute atomic E-state index is 0.0141. The number of hydrogen-bond donors (Lipinski definition) is 2. The predicted octanol–water partition coefficient (Wildman–Crippen LogP) is 5.28. The number of carbonyl (C=O) groups excluding carboxylic acids is 2. The maximum Gasteiger partial charge on any atom is 0.237 e. The summed E-state index contributed by atoms with van der Waals surface area (Å²) in [7, 11) is 0. The largest absolute Gasteiger partial charge is 0.326 e. The summed E-state index contributed by atoms with van der Waals surface area (Å²) < 4.78 is 0. The highest BCUT2D eigenvalue weighted by molar-refractivity contribution is 8.00. The molecule has 0 saturated heterocycles. The van der Waals surface area contributed by atoms with Crippen LogP contribution in [0.4, 0.5) is 11.4 Å². The van der Waals surface area contributed by atoms with Crippen molar-refractivity contribution in [3.8, 4) is 0 Å². The van der Waals surface area contributed by atoms with Gasteiger partial charge in [-0.2, -0.15) is 0 Å². The summed E-state index contributed by atoms with van der Waals surface area (Å²) in [4.78, 5) is 24.8. The standard InChI is InChI=1S/C21H26N2O2S/c1-5-20(26-19-8-6-7-18(13-19)22-15(4)24)21(25)23-17-11-9-16(10-12-17)14(2)3/h6-14,20H,5H2,1-4H3,(H,22,24)(H,23,25). The second-order valence-corrected chi connectivity index (χ2v) is 7.77. The van der Waals surface area contributed by atoms with Gasteiger partial charge in [0.05, 0.1) is 5.25 Å². The first-order valence-corrected chi connectivity index (χ1v) is 9.72. The van der Waals surface area contributed by atoms with Gasteiger partial charge in [-0.3, -0.25) is 9.59 Å². The van der Waals surface area contributed by atoms with E-state index in [0.29, 0.717) is 12.3 Å².